The van der Waals surface area contributed by atoms with E-state index in [1.807, 2.05) is 22.9 Å². The van der Waals surface area contributed by atoms with E-state index in [2.05, 4.69) is 10.3 Å². The number of nitrogens with one attached hydrogen (secondary N) is 1. The molecule has 19 heavy (non-hydrogen) atoms. The molecule has 1 N–H and O–H groups in total. The van der Waals surface area contributed by atoms with Crippen LogP contribution in [0.4, 0.5) is 0 Å². The van der Waals surface area contributed by atoms with Gasteiger partial charge in [0.05, 0.1) is 12.8 Å². The van der Waals surface area contributed by atoms with Gasteiger partial charge in [0, 0.05) is 16.3 Å². The van der Waals surface area contributed by atoms with Crippen LogP contribution < -0.4 is 5.32 Å². The number of hydrogen-bond donors (Lipinski definition) is 1. The number of amides is 1. The third-order valence-electron chi connectivity index (χ3n) is 2.51. The van der Waals surface area contributed by atoms with Gasteiger partial charge in [-0.15, -0.1) is 11.3 Å². The Kier molecular flexibility index (Phi) is 3.43. The maximum Gasteiger partial charge on any atom is 0.271 e. The van der Waals surface area contributed by atoms with Gasteiger partial charge in [-0.25, -0.2) is 4.98 Å². The largest absolute Gasteiger partial charge is 0.467 e. The number of thiophene rings is 1. The zero-order valence-corrected chi connectivity index (χ0v) is 11.5. The van der Waals surface area contributed by atoms with Crippen LogP contribution in [0.1, 0.15) is 16.2 Å². The quantitative estimate of drug-likeness (QED) is 0.801. The molecule has 0 unspecified atom stereocenters. The maximum absolute atomic E-state index is 11.9. The third kappa shape index (κ3) is 2.74. The van der Waals surface area contributed by atoms with E-state index in [1.54, 1.807) is 29.0 Å². The van der Waals surface area contributed by atoms with Crippen LogP contribution in [0.5, 0.6) is 0 Å². The molecular weight excluding hydrogens is 280 g/mol. The number of rotatable bonds is 4. The van der Waals surface area contributed by atoms with Gasteiger partial charge in [0.1, 0.15) is 16.5 Å². The van der Waals surface area contributed by atoms with Crippen molar-refractivity contribution in [3.8, 4) is 10.6 Å². The molecule has 0 aromatic carbocycles. The molecule has 0 spiro atoms. The summed E-state index contributed by atoms with van der Waals surface area (Å²) in [6, 6.07) is 5.60. The standard InChI is InChI=1S/C13H10N2O2S2/c16-12(14-6-10-2-1-4-17-10)11-8-19-13(15-11)9-3-5-18-7-9/h1-5,7-8H,6H2,(H,14,16). The minimum absolute atomic E-state index is 0.186. The van der Waals surface area contributed by atoms with Crippen LogP contribution in [0.3, 0.4) is 0 Å². The fourth-order valence-electron chi connectivity index (χ4n) is 1.57. The lowest BCUT2D eigenvalue weighted by atomic mass is 10.3. The summed E-state index contributed by atoms with van der Waals surface area (Å²) in [5, 5.41) is 9.42. The first-order chi connectivity index (χ1) is 9.33. The van der Waals surface area contributed by atoms with E-state index in [-0.39, 0.29) is 5.91 Å². The number of carbonyl (C=O) groups excluding carboxylic acids is 1. The molecule has 0 radical (unpaired) electrons. The molecule has 0 aliphatic rings. The highest BCUT2D eigenvalue weighted by molar-refractivity contribution is 7.14. The Bertz CT molecular complexity index is 657. The molecule has 3 heterocycles. The zero-order valence-electron chi connectivity index (χ0n) is 9.83. The van der Waals surface area contributed by atoms with Gasteiger partial charge in [0.15, 0.2) is 0 Å². The molecule has 3 rings (SSSR count). The van der Waals surface area contributed by atoms with Crippen molar-refractivity contribution in [3.05, 3.63) is 52.1 Å². The highest BCUT2D eigenvalue weighted by Gasteiger charge is 2.12. The summed E-state index contributed by atoms with van der Waals surface area (Å²) >= 11 is 3.08. The van der Waals surface area contributed by atoms with Crippen molar-refractivity contribution >= 4 is 28.6 Å². The lowest BCUT2D eigenvalue weighted by Gasteiger charge is -1.99. The molecule has 1 amide bonds. The average Bonchev–Trinajstić information content (AvgIpc) is 3.14. The lowest BCUT2D eigenvalue weighted by molar-refractivity contribution is 0.0944. The van der Waals surface area contributed by atoms with Crippen LogP contribution >= 0.6 is 22.7 Å². The lowest BCUT2D eigenvalue weighted by Crippen LogP contribution is -2.22. The van der Waals surface area contributed by atoms with E-state index in [9.17, 15) is 4.79 Å². The zero-order chi connectivity index (χ0) is 13.1. The van der Waals surface area contributed by atoms with E-state index in [0.29, 0.717) is 12.2 Å². The van der Waals surface area contributed by atoms with E-state index >= 15 is 0 Å². The molecular formula is C13H10N2O2S2. The monoisotopic (exact) mass is 290 g/mol. The Balaban J connectivity index is 1.67. The van der Waals surface area contributed by atoms with Crippen molar-refractivity contribution in [3.63, 3.8) is 0 Å². The Morgan fingerprint density at radius 2 is 2.32 bits per heavy atom. The highest BCUT2D eigenvalue weighted by atomic mass is 32.1. The number of carbonyl (C=O) groups is 1. The first kappa shape index (κ1) is 12.1. The minimum atomic E-state index is -0.186. The molecule has 96 valence electrons. The molecule has 0 aliphatic heterocycles. The van der Waals surface area contributed by atoms with E-state index in [1.165, 1.54) is 11.3 Å². The van der Waals surface area contributed by atoms with Crippen LogP contribution in [0.25, 0.3) is 10.6 Å². The molecule has 0 saturated heterocycles. The van der Waals surface area contributed by atoms with Gasteiger partial charge in [-0.1, -0.05) is 0 Å². The first-order valence-electron chi connectivity index (χ1n) is 5.61. The predicted octanol–water partition coefficient (Wildman–Crippen LogP) is 3.39. The van der Waals surface area contributed by atoms with Crippen molar-refractivity contribution in [1.29, 1.82) is 0 Å². The molecule has 0 fully saturated rings. The van der Waals surface area contributed by atoms with E-state index < -0.39 is 0 Å². The van der Waals surface area contributed by atoms with Gasteiger partial charge < -0.3 is 9.73 Å². The van der Waals surface area contributed by atoms with Crippen LogP contribution in [0.15, 0.2) is 45.0 Å². The summed E-state index contributed by atoms with van der Waals surface area (Å²) in [6.07, 6.45) is 1.58. The number of aromatic nitrogens is 1. The summed E-state index contributed by atoms with van der Waals surface area (Å²) < 4.78 is 5.15. The predicted molar refractivity (Wildman–Crippen MR) is 75.3 cm³/mol. The summed E-state index contributed by atoms with van der Waals surface area (Å²) in [6.45, 7) is 0.372. The van der Waals surface area contributed by atoms with Crippen molar-refractivity contribution in [2.75, 3.05) is 0 Å². The number of hydrogen-bond acceptors (Lipinski definition) is 5. The minimum Gasteiger partial charge on any atom is -0.467 e. The topological polar surface area (TPSA) is 55.1 Å². The second-order valence-corrected chi connectivity index (χ2v) is 5.45. The fraction of sp³-hybridized carbons (Fsp3) is 0.0769. The second-order valence-electron chi connectivity index (χ2n) is 3.81. The van der Waals surface area contributed by atoms with Crippen molar-refractivity contribution in [1.82, 2.24) is 10.3 Å². The van der Waals surface area contributed by atoms with Crippen LogP contribution in [0, 0.1) is 0 Å². The van der Waals surface area contributed by atoms with E-state index in [0.717, 1.165) is 16.3 Å². The normalized spacial score (nSPS) is 10.5. The number of nitrogens with zero attached hydrogens (tertiary/aromatic N) is 1. The molecule has 0 saturated carbocycles. The maximum atomic E-state index is 11.9. The summed E-state index contributed by atoms with van der Waals surface area (Å²) in [4.78, 5) is 16.3. The SMILES string of the molecule is O=C(NCc1ccco1)c1csc(-c2ccsc2)n1. The van der Waals surface area contributed by atoms with Crippen LogP contribution in [-0.4, -0.2) is 10.9 Å². The van der Waals surface area contributed by atoms with Crippen LogP contribution in [-0.2, 0) is 6.54 Å². The van der Waals surface area contributed by atoms with E-state index in [4.69, 9.17) is 4.42 Å². The van der Waals surface area contributed by atoms with Gasteiger partial charge in [0.25, 0.3) is 5.91 Å². The van der Waals surface area contributed by atoms with Gasteiger partial charge in [0.2, 0.25) is 0 Å². The van der Waals surface area contributed by atoms with Crippen molar-refractivity contribution in [2.45, 2.75) is 6.54 Å². The molecule has 3 aromatic rings. The Morgan fingerprint density at radius 1 is 1.37 bits per heavy atom. The number of furan rings is 1. The Labute approximate surface area is 117 Å². The molecule has 3 aromatic heterocycles. The highest BCUT2D eigenvalue weighted by Crippen LogP contribution is 2.25. The molecule has 6 heteroatoms. The summed E-state index contributed by atoms with van der Waals surface area (Å²) in [5.74, 6) is 0.538. The fourth-order valence-corrected chi connectivity index (χ4v) is 3.08. The molecule has 0 aliphatic carbocycles. The van der Waals surface area contributed by atoms with Crippen LogP contribution in [0.2, 0.25) is 0 Å². The Hall–Kier alpha value is -1.92. The van der Waals surface area contributed by atoms with Crippen molar-refractivity contribution in [2.24, 2.45) is 0 Å². The second kappa shape index (κ2) is 5.38. The molecule has 0 bridgehead atoms. The Morgan fingerprint density at radius 3 is 3.05 bits per heavy atom. The van der Waals surface area contributed by atoms with Gasteiger partial charge in [-0.2, -0.15) is 11.3 Å². The first-order valence-corrected chi connectivity index (χ1v) is 7.44. The van der Waals surface area contributed by atoms with Crippen molar-refractivity contribution < 1.29 is 9.21 Å². The summed E-state index contributed by atoms with van der Waals surface area (Å²) in [7, 11) is 0. The number of thiazole rings is 1. The smallest absolute Gasteiger partial charge is 0.271 e. The summed E-state index contributed by atoms with van der Waals surface area (Å²) in [5.41, 5.74) is 1.50. The average molecular weight is 290 g/mol. The molecule has 4 nitrogen and oxygen atoms in total. The van der Waals surface area contributed by atoms with Gasteiger partial charge >= 0.3 is 0 Å². The van der Waals surface area contributed by atoms with Gasteiger partial charge in [-0.05, 0) is 23.6 Å². The van der Waals surface area contributed by atoms with Gasteiger partial charge in [-0.3, -0.25) is 4.79 Å². The molecule has 0 atom stereocenters. The third-order valence-corrected chi connectivity index (χ3v) is 4.08.